The second-order valence-corrected chi connectivity index (χ2v) is 12.4. The van der Waals surface area contributed by atoms with E-state index >= 15 is 0 Å². The van der Waals surface area contributed by atoms with Crippen molar-refractivity contribution in [2.75, 3.05) is 29.5 Å². The van der Waals surface area contributed by atoms with E-state index in [9.17, 15) is 14.7 Å². The van der Waals surface area contributed by atoms with Crippen molar-refractivity contribution in [1.29, 1.82) is 0 Å². The molecule has 3 heterocycles. The maximum atomic E-state index is 14.1. The molecule has 2 aromatic rings. The molecule has 238 valence electrons. The van der Waals surface area contributed by atoms with Gasteiger partial charge in [0.15, 0.2) is 5.60 Å². The minimum atomic E-state index is -1.76. The molecule has 9 heteroatoms. The van der Waals surface area contributed by atoms with Gasteiger partial charge in [0.2, 0.25) is 5.91 Å². The summed E-state index contributed by atoms with van der Waals surface area (Å²) < 4.78 is 1.73. The molecule has 1 aromatic heterocycles. The van der Waals surface area contributed by atoms with Gasteiger partial charge in [-0.3, -0.25) is 14.3 Å². The predicted octanol–water partition coefficient (Wildman–Crippen LogP) is 5.62. The summed E-state index contributed by atoms with van der Waals surface area (Å²) in [5.41, 5.74) is 3.43. The number of amides is 2. The molecule has 1 aromatic carbocycles. The van der Waals surface area contributed by atoms with Gasteiger partial charge < -0.3 is 20.0 Å². The van der Waals surface area contributed by atoms with Gasteiger partial charge in [-0.05, 0) is 71.1 Å². The lowest BCUT2D eigenvalue weighted by Crippen LogP contribution is -2.44. The minimum absolute atomic E-state index is 0.0279. The molecule has 0 bridgehead atoms. The number of rotatable bonds is 13. The molecule has 2 N–H and O–H groups in total. The van der Waals surface area contributed by atoms with Crippen LogP contribution >= 0.6 is 0 Å². The molecule has 2 aliphatic heterocycles. The molecule has 0 spiro atoms. The first-order chi connectivity index (χ1) is 21.1. The van der Waals surface area contributed by atoms with E-state index < -0.39 is 11.5 Å². The first-order valence-electron chi connectivity index (χ1n) is 16.1. The second-order valence-electron chi connectivity index (χ2n) is 12.4. The SMILES string of the molecule is CC(C)=CCC/C(C)=C/CN1C(=O)[C@@](O)([C@@H](C)/C=C/CCn2cc(CCO)nn2)c2cc(N3CCCCCCC3=O)ccc21. The molecule has 0 unspecified atom stereocenters. The van der Waals surface area contributed by atoms with E-state index in [0.717, 1.165) is 49.9 Å². The lowest BCUT2D eigenvalue weighted by molar-refractivity contribution is -0.139. The molecule has 2 atom stereocenters. The highest BCUT2D eigenvalue weighted by atomic mass is 16.3. The number of carbonyl (C=O) groups is 2. The Bertz CT molecular complexity index is 1390. The van der Waals surface area contributed by atoms with Crippen LogP contribution in [0.2, 0.25) is 0 Å². The van der Waals surface area contributed by atoms with Crippen molar-refractivity contribution in [2.45, 2.75) is 97.6 Å². The van der Waals surface area contributed by atoms with Gasteiger partial charge in [0.05, 0.1) is 11.4 Å². The number of aromatic nitrogens is 3. The standard InChI is InChI=1S/C35H49N5O4/c1-26(2)12-11-13-27(3)18-22-40-32-17-16-30(39-21-9-6-5-7-15-33(39)42)24-31(32)35(44,34(40)43)28(4)14-8-10-20-38-25-29(19-23-41)36-37-38/h8,12,14,16-18,24-25,28,41,44H,5-7,9-11,13,15,19-23H2,1-4H3/b14-8+,27-18+/t28-,35+/m0/s1. The quantitative estimate of drug-likeness (QED) is 0.288. The number of benzene rings is 1. The zero-order valence-electron chi connectivity index (χ0n) is 26.8. The van der Waals surface area contributed by atoms with Gasteiger partial charge in [0, 0.05) is 62.4 Å². The highest BCUT2D eigenvalue weighted by molar-refractivity contribution is 6.08. The molecule has 44 heavy (non-hydrogen) atoms. The third kappa shape index (κ3) is 7.93. The van der Waals surface area contributed by atoms with Gasteiger partial charge >= 0.3 is 0 Å². The van der Waals surface area contributed by atoms with Crippen LogP contribution in [0.1, 0.15) is 90.3 Å². The average molecular weight is 604 g/mol. The van der Waals surface area contributed by atoms with Crippen molar-refractivity contribution < 1.29 is 19.8 Å². The fraction of sp³-hybridized carbons (Fsp3) is 0.543. The summed E-state index contributed by atoms with van der Waals surface area (Å²) in [4.78, 5) is 30.7. The molecule has 0 saturated carbocycles. The topological polar surface area (TPSA) is 112 Å². The van der Waals surface area contributed by atoms with E-state index in [1.54, 1.807) is 9.58 Å². The molecule has 4 rings (SSSR count). The fourth-order valence-corrected chi connectivity index (χ4v) is 5.98. The highest BCUT2D eigenvalue weighted by Gasteiger charge is 2.52. The lowest BCUT2D eigenvalue weighted by atomic mass is 9.82. The Hall–Kier alpha value is -3.56. The Morgan fingerprint density at radius 1 is 1.09 bits per heavy atom. The van der Waals surface area contributed by atoms with Gasteiger partial charge in [-0.1, -0.05) is 60.4 Å². The van der Waals surface area contributed by atoms with Crippen LogP contribution in [0, 0.1) is 5.92 Å². The first-order valence-corrected chi connectivity index (χ1v) is 16.1. The molecule has 0 radical (unpaired) electrons. The number of aliphatic hydroxyl groups excluding tert-OH is 1. The van der Waals surface area contributed by atoms with Crippen LogP contribution in [0.15, 0.2) is 59.8 Å². The zero-order valence-corrected chi connectivity index (χ0v) is 26.8. The van der Waals surface area contributed by atoms with Crippen molar-refractivity contribution in [3.63, 3.8) is 0 Å². The van der Waals surface area contributed by atoms with Crippen LogP contribution in [-0.2, 0) is 28.2 Å². The minimum Gasteiger partial charge on any atom is -0.396 e. The van der Waals surface area contributed by atoms with E-state index in [2.05, 4.69) is 43.2 Å². The summed E-state index contributed by atoms with van der Waals surface area (Å²) in [6, 6.07) is 5.67. The van der Waals surface area contributed by atoms with Crippen molar-refractivity contribution in [3.8, 4) is 0 Å². The monoisotopic (exact) mass is 603 g/mol. The number of hydrogen-bond acceptors (Lipinski definition) is 6. The summed E-state index contributed by atoms with van der Waals surface area (Å²) in [6.07, 6.45) is 17.4. The Balaban J connectivity index is 1.59. The fourth-order valence-electron chi connectivity index (χ4n) is 5.98. The molecule has 2 aliphatic rings. The van der Waals surface area contributed by atoms with Crippen molar-refractivity contribution in [3.05, 3.63) is 71.1 Å². The predicted molar refractivity (Wildman–Crippen MR) is 174 cm³/mol. The summed E-state index contributed by atoms with van der Waals surface area (Å²) in [5, 5.41) is 29.5. The van der Waals surface area contributed by atoms with E-state index in [0.29, 0.717) is 50.1 Å². The summed E-state index contributed by atoms with van der Waals surface area (Å²) in [5.74, 6) is -0.771. The Morgan fingerprint density at radius 3 is 2.66 bits per heavy atom. The van der Waals surface area contributed by atoms with Gasteiger partial charge in [0.25, 0.3) is 5.91 Å². The van der Waals surface area contributed by atoms with E-state index in [1.165, 1.54) is 11.1 Å². The zero-order chi connectivity index (χ0) is 31.7. The number of fused-ring (bicyclic) bond motifs is 1. The molecular weight excluding hydrogens is 554 g/mol. The summed E-state index contributed by atoms with van der Waals surface area (Å²) >= 11 is 0. The van der Waals surface area contributed by atoms with E-state index in [4.69, 9.17) is 5.11 Å². The van der Waals surface area contributed by atoms with Crippen LogP contribution < -0.4 is 9.80 Å². The molecule has 2 amide bonds. The number of hydrogen-bond donors (Lipinski definition) is 2. The third-order valence-corrected chi connectivity index (χ3v) is 8.66. The average Bonchev–Trinajstić information content (AvgIpc) is 3.52. The van der Waals surface area contributed by atoms with Crippen molar-refractivity contribution in [2.24, 2.45) is 5.92 Å². The maximum Gasteiger partial charge on any atom is 0.264 e. The Labute approximate surface area is 261 Å². The Kier molecular flexibility index (Phi) is 11.7. The van der Waals surface area contributed by atoms with Crippen LogP contribution in [0.3, 0.4) is 0 Å². The number of nitrogens with zero attached hydrogens (tertiary/aromatic N) is 5. The maximum absolute atomic E-state index is 14.1. The smallest absolute Gasteiger partial charge is 0.264 e. The largest absolute Gasteiger partial charge is 0.396 e. The van der Waals surface area contributed by atoms with E-state index in [-0.39, 0.29) is 18.4 Å². The number of aliphatic hydroxyl groups is 2. The van der Waals surface area contributed by atoms with Gasteiger partial charge in [-0.2, -0.15) is 0 Å². The van der Waals surface area contributed by atoms with Crippen molar-refractivity contribution in [1.82, 2.24) is 15.0 Å². The first kappa shape index (κ1) is 33.3. The van der Waals surface area contributed by atoms with Crippen molar-refractivity contribution >= 4 is 23.2 Å². The molecule has 0 aliphatic carbocycles. The lowest BCUT2D eigenvalue weighted by Gasteiger charge is -2.29. The molecule has 1 saturated heterocycles. The van der Waals surface area contributed by atoms with Crippen LogP contribution in [-0.4, -0.2) is 56.7 Å². The number of carbonyl (C=O) groups excluding carboxylic acids is 2. The van der Waals surface area contributed by atoms with Gasteiger partial charge in [-0.15, -0.1) is 5.10 Å². The van der Waals surface area contributed by atoms with E-state index in [1.807, 2.05) is 48.4 Å². The number of allylic oxidation sites excluding steroid dienone is 4. The molecule has 9 nitrogen and oxygen atoms in total. The van der Waals surface area contributed by atoms with Crippen LogP contribution in [0.5, 0.6) is 0 Å². The van der Waals surface area contributed by atoms with Crippen LogP contribution in [0.25, 0.3) is 0 Å². The molecular formula is C35H49N5O4. The highest BCUT2D eigenvalue weighted by Crippen LogP contribution is 2.47. The second kappa shape index (κ2) is 15.4. The normalized spacial score (nSPS) is 20.2. The van der Waals surface area contributed by atoms with Crippen LogP contribution in [0.4, 0.5) is 11.4 Å². The summed E-state index contributed by atoms with van der Waals surface area (Å²) in [7, 11) is 0. The molecule has 1 fully saturated rings. The number of anilines is 2. The third-order valence-electron chi connectivity index (χ3n) is 8.66. The van der Waals surface area contributed by atoms with Gasteiger partial charge in [-0.25, -0.2) is 0 Å². The number of aryl methyl sites for hydroxylation is 1. The van der Waals surface area contributed by atoms with Gasteiger partial charge in [0.1, 0.15) is 0 Å². The Morgan fingerprint density at radius 2 is 1.89 bits per heavy atom. The summed E-state index contributed by atoms with van der Waals surface area (Å²) in [6.45, 7) is 9.76.